The zero-order valence-electron chi connectivity index (χ0n) is 13.2. The van der Waals surface area contributed by atoms with E-state index in [0.29, 0.717) is 5.71 Å². The van der Waals surface area contributed by atoms with Gasteiger partial charge in [0.05, 0.1) is 16.6 Å². The molecule has 2 aromatic carbocycles. The van der Waals surface area contributed by atoms with Crippen LogP contribution in [0.15, 0.2) is 65.2 Å². The predicted octanol–water partition coefficient (Wildman–Crippen LogP) is 5.02. The summed E-state index contributed by atoms with van der Waals surface area (Å²) in [7, 11) is 0. The molecule has 5 aromatic rings. The van der Waals surface area contributed by atoms with Crippen molar-refractivity contribution >= 4 is 33.1 Å². The molecule has 5 rings (SSSR count). The van der Waals surface area contributed by atoms with Crippen LogP contribution in [0.4, 0.5) is 0 Å². The molecule has 0 saturated carbocycles. The molecule has 0 N–H and O–H groups in total. The van der Waals surface area contributed by atoms with Crippen molar-refractivity contribution in [2.75, 3.05) is 0 Å². The minimum atomic E-state index is 0.666. The topological polar surface area (TPSA) is 43.9 Å². The first kappa shape index (κ1) is 13.3. The van der Waals surface area contributed by atoms with Crippen molar-refractivity contribution in [1.82, 2.24) is 14.5 Å². The molecule has 116 valence electrons. The van der Waals surface area contributed by atoms with Gasteiger partial charge in [-0.2, -0.15) is 0 Å². The van der Waals surface area contributed by atoms with E-state index < -0.39 is 0 Å². The van der Waals surface area contributed by atoms with E-state index in [-0.39, 0.29) is 0 Å². The Labute approximate surface area is 138 Å². The van der Waals surface area contributed by atoms with Crippen LogP contribution in [0.5, 0.6) is 0 Å². The number of hydrogen-bond acceptors (Lipinski definition) is 3. The number of benzene rings is 2. The third-order valence-electron chi connectivity index (χ3n) is 4.49. The number of furan rings is 1. The van der Waals surface area contributed by atoms with Crippen LogP contribution in [0, 0.1) is 0 Å². The minimum absolute atomic E-state index is 0.666. The third kappa shape index (κ3) is 1.74. The van der Waals surface area contributed by atoms with Crippen molar-refractivity contribution in [2.24, 2.45) is 0 Å². The molecule has 0 amide bonds. The normalized spacial score (nSPS) is 11.7. The highest BCUT2D eigenvalue weighted by Crippen LogP contribution is 2.35. The Bertz CT molecular complexity index is 1200. The lowest BCUT2D eigenvalue weighted by Gasteiger charge is -2.06. The Balaban J connectivity index is 1.90. The van der Waals surface area contributed by atoms with Crippen molar-refractivity contribution < 1.29 is 4.42 Å². The quantitative estimate of drug-likeness (QED) is 0.460. The first-order valence-corrected chi connectivity index (χ1v) is 8.08. The number of aromatic nitrogens is 3. The first-order valence-electron chi connectivity index (χ1n) is 8.08. The van der Waals surface area contributed by atoms with Gasteiger partial charge in [0.25, 0.3) is 0 Å². The molecule has 0 saturated heterocycles. The van der Waals surface area contributed by atoms with Gasteiger partial charge in [-0.25, -0.2) is 9.97 Å². The van der Waals surface area contributed by atoms with Crippen LogP contribution in [0.2, 0.25) is 0 Å². The summed E-state index contributed by atoms with van der Waals surface area (Å²) in [5.41, 5.74) is 4.65. The molecule has 0 atom stereocenters. The summed E-state index contributed by atoms with van der Waals surface area (Å²) in [6.45, 7) is 2.99. The summed E-state index contributed by atoms with van der Waals surface area (Å²) in [6, 6.07) is 18.4. The van der Waals surface area contributed by atoms with E-state index in [4.69, 9.17) is 9.40 Å². The molecule has 0 aliphatic heterocycles. The zero-order chi connectivity index (χ0) is 16.1. The monoisotopic (exact) mass is 313 g/mol. The second-order valence-corrected chi connectivity index (χ2v) is 5.81. The fourth-order valence-electron chi connectivity index (χ4n) is 3.41. The standard InChI is InChI=1S/C20H15N3O/c1-2-23-17-11-4-3-10-16(17)22-19(23)15-8-5-7-13-14-9-6-12-21-20(14)24-18(13)15/h3-12H,2H2,1H3. The molecule has 24 heavy (non-hydrogen) atoms. The number of hydrogen-bond donors (Lipinski definition) is 0. The van der Waals surface area contributed by atoms with Gasteiger partial charge in [0.2, 0.25) is 5.71 Å². The van der Waals surface area contributed by atoms with E-state index in [1.807, 2.05) is 30.3 Å². The highest BCUT2D eigenvalue weighted by molar-refractivity contribution is 6.08. The van der Waals surface area contributed by atoms with E-state index in [1.165, 1.54) is 0 Å². The largest absolute Gasteiger partial charge is 0.437 e. The van der Waals surface area contributed by atoms with Crippen LogP contribution in [0.3, 0.4) is 0 Å². The highest BCUT2D eigenvalue weighted by Gasteiger charge is 2.17. The lowest BCUT2D eigenvalue weighted by atomic mass is 10.1. The van der Waals surface area contributed by atoms with Gasteiger partial charge in [-0.15, -0.1) is 0 Å². The molecule has 4 heteroatoms. The Kier molecular flexibility index (Phi) is 2.73. The zero-order valence-corrected chi connectivity index (χ0v) is 13.2. The van der Waals surface area contributed by atoms with Gasteiger partial charge in [0.15, 0.2) is 0 Å². The maximum atomic E-state index is 6.07. The Morgan fingerprint density at radius 1 is 0.958 bits per heavy atom. The summed E-state index contributed by atoms with van der Waals surface area (Å²) < 4.78 is 8.30. The van der Waals surface area contributed by atoms with E-state index >= 15 is 0 Å². The summed E-state index contributed by atoms with van der Waals surface area (Å²) in [5, 5.41) is 2.11. The highest BCUT2D eigenvalue weighted by atomic mass is 16.3. The van der Waals surface area contributed by atoms with Crippen LogP contribution in [0.1, 0.15) is 6.92 Å². The van der Waals surface area contributed by atoms with Crippen LogP contribution in [0.25, 0.3) is 44.5 Å². The Hall–Kier alpha value is -3.14. The third-order valence-corrected chi connectivity index (χ3v) is 4.49. The van der Waals surface area contributed by atoms with Gasteiger partial charge in [-0.05, 0) is 37.3 Å². The van der Waals surface area contributed by atoms with Crippen molar-refractivity contribution in [3.05, 3.63) is 60.8 Å². The average Bonchev–Trinajstić information content (AvgIpc) is 3.19. The number of aryl methyl sites for hydroxylation is 1. The van der Waals surface area contributed by atoms with Crippen molar-refractivity contribution in [3.8, 4) is 11.4 Å². The molecular weight excluding hydrogens is 298 g/mol. The SMILES string of the molecule is CCn1c(-c2cccc3c2oc2ncccc23)nc2ccccc21. The maximum absolute atomic E-state index is 6.07. The van der Waals surface area contributed by atoms with Crippen molar-refractivity contribution in [1.29, 1.82) is 0 Å². The van der Waals surface area contributed by atoms with E-state index in [1.54, 1.807) is 6.20 Å². The van der Waals surface area contributed by atoms with Gasteiger partial charge in [0.1, 0.15) is 11.4 Å². The molecule has 3 heterocycles. The van der Waals surface area contributed by atoms with Gasteiger partial charge >= 0.3 is 0 Å². The molecule has 0 aliphatic carbocycles. The van der Waals surface area contributed by atoms with Crippen LogP contribution < -0.4 is 0 Å². The molecule has 0 fully saturated rings. The van der Waals surface area contributed by atoms with Crippen molar-refractivity contribution in [2.45, 2.75) is 13.5 Å². The molecule has 0 aliphatic rings. The Morgan fingerprint density at radius 3 is 2.75 bits per heavy atom. The van der Waals surface area contributed by atoms with Gasteiger partial charge in [0, 0.05) is 23.5 Å². The maximum Gasteiger partial charge on any atom is 0.227 e. The molecule has 0 radical (unpaired) electrons. The number of fused-ring (bicyclic) bond motifs is 4. The lowest BCUT2D eigenvalue weighted by Crippen LogP contribution is -1.97. The minimum Gasteiger partial charge on any atom is -0.437 e. The summed E-state index contributed by atoms with van der Waals surface area (Å²) in [6.07, 6.45) is 1.76. The fourth-order valence-corrected chi connectivity index (χ4v) is 3.41. The van der Waals surface area contributed by atoms with Crippen LogP contribution in [-0.4, -0.2) is 14.5 Å². The molecule has 0 bridgehead atoms. The summed E-state index contributed by atoms with van der Waals surface area (Å²) in [4.78, 5) is 9.20. The average molecular weight is 313 g/mol. The number of pyridine rings is 1. The van der Waals surface area contributed by atoms with E-state index in [2.05, 4.69) is 40.7 Å². The smallest absolute Gasteiger partial charge is 0.227 e. The number of para-hydroxylation sites is 3. The number of imidazole rings is 1. The summed E-state index contributed by atoms with van der Waals surface area (Å²) in [5.74, 6) is 0.934. The number of rotatable bonds is 2. The van der Waals surface area contributed by atoms with Gasteiger partial charge < -0.3 is 8.98 Å². The van der Waals surface area contributed by atoms with Gasteiger partial charge in [-0.1, -0.05) is 24.3 Å². The fraction of sp³-hybridized carbons (Fsp3) is 0.100. The van der Waals surface area contributed by atoms with Crippen molar-refractivity contribution in [3.63, 3.8) is 0 Å². The molecule has 0 spiro atoms. The number of nitrogens with zero attached hydrogens (tertiary/aromatic N) is 3. The predicted molar refractivity (Wildman–Crippen MR) is 95.9 cm³/mol. The second-order valence-electron chi connectivity index (χ2n) is 5.81. The molecule has 0 unspecified atom stereocenters. The second kappa shape index (κ2) is 4.93. The van der Waals surface area contributed by atoms with Crippen LogP contribution >= 0.6 is 0 Å². The molecule has 4 nitrogen and oxygen atoms in total. The van der Waals surface area contributed by atoms with E-state index in [0.717, 1.165) is 45.3 Å². The molecular formula is C20H15N3O. The van der Waals surface area contributed by atoms with Crippen LogP contribution in [-0.2, 0) is 6.54 Å². The lowest BCUT2D eigenvalue weighted by molar-refractivity contribution is 0.654. The summed E-state index contributed by atoms with van der Waals surface area (Å²) >= 11 is 0. The Morgan fingerprint density at radius 2 is 1.83 bits per heavy atom. The first-order chi connectivity index (χ1) is 11.9. The van der Waals surface area contributed by atoms with Gasteiger partial charge in [-0.3, -0.25) is 0 Å². The van der Waals surface area contributed by atoms with E-state index in [9.17, 15) is 0 Å². The molecule has 3 aromatic heterocycles.